The molecule has 0 unspecified atom stereocenters. The Balaban J connectivity index is 2.05. The topological polar surface area (TPSA) is 44.5 Å². The third-order valence-electron chi connectivity index (χ3n) is 3.49. The molecule has 1 saturated carbocycles. The molecule has 3 nitrogen and oxygen atoms in total. The van der Waals surface area contributed by atoms with Crippen LogP contribution < -0.4 is 10.5 Å². The Morgan fingerprint density at radius 2 is 2.12 bits per heavy atom. The third kappa shape index (κ3) is 1.51. The van der Waals surface area contributed by atoms with Gasteiger partial charge in [0.2, 0.25) is 0 Å². The molecule has 0 aromatic heterocycles. The van der Waals surface area contributed by atoms with Crippen molar-refractivity contribution in [3.05, 3.63) is 28.3 Å². The molecule has 1 heterocycles. The minimum absolute atomic E-state index is 0.242. The quantitative estimate of drug-likeness (QED) is 0.819. The van der Waals surface area contributed by atoms with Crippen LogP contribution in [0.25, 0.3) is 0 Å². The van der Waals surface area contributed by atoms with Gasteiger partial charge in [-0.3, -0.25) is 0 Å². The first-order chi connectivity index (χ1) is 7.69. The lowest BCUT2D eigenvalue weighted by molar-refractivity contribution is -0.0165. The molecule has 4 heteroatoms. The zero-order valence-electron chi connectivity index (χ0n) is 8.96. The smallest absolute Gasteiger partial charge is 0.189 e. The molecule has 1 aliphatic carbocycles. The standard InChI is InChI=1S/C12H14ClNO2/c13-10-4-8-6-15-7-16-11(8)5-9(10)12(14)2-1-3-12/h4-5H,1-3,6-7,14H2. The fourth-order valence-corrected chi connectivity index (χ4v) is 2.68. The summed E-state index contributed by atoms with van der Waals surface area (Å²) < 4.78 is 10.7. The summed E-state index contributed by atoms with van der Waals surface area (Å²) in [6.07, 6.45) is 3.18. The van der Waals surface area contributed by atoms with Crippen LogP contribution in [0, 0.1) is 0 Å². The van der Waals surface area contributed by atoms with Crippen LogP contribution in [0.3, 0.4) is 0 Å². The summed E-state index contributed by atoms with van der Waals surface area (Å²) in [5, 5.41) is 0.732. The van der Waals surface area contributed by atoms with Crippen LogP contribution in [-0.4, -0.2) is 6.79 Å². The lowest BCUT2D eigenvalue weighted by Crippen LogP contribution is -2.43. The van der Waals surface area contributed by atoms with E-state index in [1.165, 1.54) is 6.42 Å². The van der Waals surface area contributed by atoms with Crippen LogP contribution in [-0.2, 0) is 16.9 Å². The Bertz CT molecular complexity index is 429. The van der Waals surface area contributed by atoms with Gasteiger partial charge in [0.1, 0.15) is 5.75 Å². The number of halogens is 1. The van der Waals surface area contributed by atoms with Gasteiger partial charge in [0.05, 0.1) is 6.61 Å². The zero-order valence-corrected chi connectivity index (χ0v) is 9.72. The maximum absolute atomic E-state index is 6.29. The van der Waals surface area contributed by atoms with E-state index in [-0.39, 0.29) is 5.54 Å². The molecule has 1 fully saturated rings. The molecule has 0 spiro atoms. The van der Waals surface area contributed by atoms with Gasteiger partial charge in [-0.15, -0.1) is 0 Å². The van der Waals surface area contributed by atoms with Gasteiger partial charge in [0.15, 0.2) is 6.79 Å². The Labute approximate surface area is 99.5 Å². The maximum Gasteiger partial charge on any atom is 0.189 e. The molecule has 0 amide bonds. The van der Waals surface area contributed by atoms with Crippen molar-refractivity contribution in [1.82, 2.24) is 0 Å². The van der Waals surface area contributed by atoms with Crippen molar-refractivity contribution >= 4 is 11.6 Å². The molecule has 0 radical (unpaired) electrons. The van der Waals surface area contributed by atoms with E-state index in [4.69, 9.17) is 26.8 Å². The van der Waals surface area contributed by atoms with Crippen LogP contribution >= 0.6 is 11.6 Å². The van der Waals surface area contributed by atoms with E-state index in [1.807, 2.05) is 12.1 Å². The van der Waals surface area contributed by atoms with E-state index in [0.717, 1.165) is 34.7 Å². The fraction of sp³-hybridized carbons (Fsp3) is 0.500. The first-order valence-electron chi connectivity index (χ1n) is 5.51. The first kappa shape index (κ1) is 10.4. The third-order valence-corrected chi connectivity index (χ3v) is 3.80. The van der Waals surface area contributed by atoms with Gasteiger partial charge in [0, 0.05) is 16.1 Å². The van der Waals surface area contributed by atoms with Crippen LogP contribution in [0.1, 0.15) is 30.4 Å². The van der Waals surface area contributed by atoms with E-state index in [9.17, 15) is 0 Å². The Morgan fingerprint density at radius 1 is 1.31 bits per heavy atom. The summed E-state index contributed by atoms with van der Waals surface area (Å²) in [5.41, 5.74) is 8.06. The molecular weight excluding hydrogens is 226 g/mol. The van der Waals surface area contributed by atoms with Crippen LogP contribution in [0.4, 0.5) is 0 Å². The van der Waals surface area contributed by atoms with Crippen molar-refractivity contribution < 1.29 is 9.47 Å². The highest BCUT2D eigenvalue weighted by Gasteiger charge is 2.36. The van der Waals surface area contributed by atoms with Crippen LogP contribution in [0.5, 0.6) is 5.75 Å². The highest BCUT2D eigenvalue weighted by Crippen LogP contribution is 2.44. The lowest BCUT2D eigenvalue weighted by atomic mass is 9.72. The van der Waals surface area contributed by atoms with Crippen molar-refractivity contribution in [1.29, 1.82) is 0 Å². The van der Waals surface area contributed by atoms with Crippen molar-refractivity contribution in [3.63, 3.8) is 0 Å². The molecule has 2 N–H and O–H groups in total. The van der Waals surface area contributed by atoms with E-state index < -0.39 is 0 Å². The van der Waals surface area contributed by atoms with Gasteiger partial charge in [0.25, 0.3) is 0 Å². The number of nitrogens with two attached hydrogens (primary N) is 1. The molecule has 1 aliphatic heterocycles. The number of benzene rings is 1. The molecule has 16 heavy (non-hydrogen) atoms. The predicted molar refractivity (Wildman–Crippen MR) is 61.5 cm³/mol. The zero-order chi connectivity index (χ0) is 11.2. The molecule has 1 aromatic rings. The average Bonchev–Trinajstić information content (AvgIpc) is 2.25. The summed E-state index contributed by atoms with van der Waals surface area (Å²) in [5.74, 6) is 0.863. The molecule has 2 aliphatic rings. The number of rotatable bonds is 1. The Morgan fingerprint density at radius 3 is 2.81 bits per heavy atom. The second kappa shape index (κ2) is 3.62. The SMILES string of the molecule is NC1(c2cc3c(cc2Cl)COCO3)CCC1. The summed E-state index contributed by atoms with van der Waals surface area (Å²) in [7, 11) is 0. The number of fused-ring (bicyclic) bond motifs is 1. The average molecular weight is 240 g/mol. The maximum atomic E-state index is 6.29. The van der Waals surface area contributed by atoms with E-state index in [2.05, 4.69) is 0 Å². The molecule has 86 valence electrons. The number of hydrogen-bond donors (Lipinski definition) is 1. The van der Waals surface area contributed by atoms with E-state index >= 15 is 0 Å². The van der Waals surface area contributed by atoms with Gasteiger partial charge >= 0.3 is 0 Å². The molecular formula is C12H14ClNO2. The molecule has 3 rings (SSSR count). The first-order valence-corrected chi connectivity index (χ1v) is 5.89. The Kier molecular flexibility index (Phi) is 2.35. The number of ether oxygens (including phenoxy) is 2. The lowest BCUT2D eigenvalue weighted by Gasteiger charge is -2.39. The summed E-state index contributed by atoms with van der Waals surface area (Å²) in [6.45, 7) is 0.874. The van der Waals surface area contributed by atoms with Gasteiger partial charge in [-0.25, -0.2) is 0 Å². The van der Waals surface area contributed by atoms with Gasteiger partial charge in [-0.2, -0.15) is 0 Å². The second-order valence-electron chi connectivity index (χ2n) is 4.56. The summed E-state index contributed by atoms with van der Waals surface area (Å²) in [6, 6.07) is 3.90. The molecule has 0 bridgehead atoms. The molecule has 0 atom stereocenters. The van der Waals surface area contributed by atoms with Gasteiger partial charge < -0.3 is 15.2 Å². The monoisotopic (exact) mass is 239 g/mol. The van der Waals surface area contributed by atoms with E-state index in [0.29, 0.717) is 13.4 Å². The van der Waals surface area contributed by atoms with Gasteiger partial charge in [-0.1, -0.05) is 11.6 Å². The predicted octanol–water partition coefficient (Wildman–Crippen LogP) is 2.54. The van der Waals surface area contributed by atoms with Crippen molar-refractivity contribution in [2.75, 3.05) is 6.79 Å². The molecule has 0 saturated heterocycles. The minimum atomic E-state index is -0.242. The largest absolute Gasteiger partial charge is 0.467 e. The Hall–Kier alpha value is -0.770. The highest BCUT2D eigenvalue weighted by molar-refractivity contribution is 6.31. The highest BCUT2D eigenvalue weighted by atomic mass is 35.5. The summed E-state index contributed by atoms with van der Waals surface area (Å²) >= 11 is 6.27. The van der Waals surface area contributed by atoms with Crippen molar-refractivity contribution in [2.45, 2.75) is 31.4 Å². The normalized spacial score (nSPS) is 21.9. The van der Waals surface area contributed by atoms with Crippen LogP contribution in [0.2, 0.25) is 5.02 Å². The minimum Gasteiger partial charge on any atom is -0.467 e. The second-order valence-corrected chi connectivity index (χ2v) is 4.97. The fourth-order valence-electron chi connectivity index (χ4n) is 2.31. The number of hydrogen-bond acceptors (Lipinski definition) is 3. The molecule has 1 aromatic carbocycles. The van der Waals surface area contributed by atoms with Crippen molar-refractivity contribution in [3.8, 4) is 5.75 Å². The van der Waals surface area contributed by atoms with E-state index in [1.54, 1.807) is 0 Å². The summed E-state index contributed by atoms with van der Waals surface area (Å²) in [4.78, 5) is 0. The van der Waals surface area contributed by atoms with Crippen molar-refractivity contribution in [2.24, 2.45) is 5.73 Å². The van der Waals surface area contributed by atoms with Crippen LogP contribution in [0.15, 0.2) is 12.1 Å². The van der Waals surface area contributed by atoms with Gasteiger partial charge in [-0.05, 0) is 37.0 Å².